The van der Waals surface area contributed by atoms with Gasteiger partial charge in [0, 0.05) is 11.8 Å². The number of carbonyl (C=O) groups excluding carboxylic acids is 1. The summed E-state index contributed by atoms with van der Waals surface area (Å²) in [5.74, 6) is -0.819. The molecule has 0 aromatic rings. The molecule has 5 saturated carbocycles. The summed E-state index contributed by atoms with van der Waals surface area (Å²) in [6.45, 7) is 15.0. The Morgan fingerprint density at radius 1 is 0.857 bits per heavy atom. The number of rotatable bonds is 3. The molecule has 5 nitrogen and oxygen atoms in total. The topological polar surface area (TPSA) is 91.7 Å². The van der Waals surface area contributed by atoms with Crippen molar-refractivity contribution in [2.75, 3.05) is 0 Å². The van der Waals surface area contributed by atoms with Crippen LogP contribution in [0.1, 0.15) is 98.8 Å². The maximum Gasteiger partial charge on any atom is 0.310 e. The predicted molar refractivity (Wildman–Crippen MR) is 134 cm³/mol. The normalized spacial score (nSPS) is 50.3. The average Bonchev–Trinajstić information content (AvgIpc) is 3.18. The van der Waals surface area contributed by atoms with E-state index in [2.05, 4.69) is 34.3 Å². The second-order valence-electron chi connectivity index (χ2n) is 14.2. The summed E-state index contributed by atoms with van der Waals surface area (Å²) in [6, 6.07) is 0. The van der Waals surface area contributed by atoms with Crippen molar-refractivity contribution in [3.8, 4) is 0 Å². The van der Waals surface area contributed by atoms with Gasteiger partial charge < -0.3 is 10.2 Å². The van der Waals surface area contributed by atoms with Crippen LogP contribution >= 0.6 is 0 Å². The van der Waals surface area contributed by atoms with Gasteiger partial charge in [0.25, 0.3) is 0 Å². The number of carbonyl (C=O) groups is 3. The number of carboxylic acid groups (broad SMARTS) is 2. The molecule has 2 N–H and O–H groups in total. The van der Waals surface area contributed by atoms with Gasteiger partial charge in [0.1, 0.15) is 5.78 Å². The van der Waals surface area contributed by atoms with E-state index < -0.39 is 28.2 Å². The molecule has 5 aliphatic rings. The molecule has 35 heavy (non-hydrogen) atoms. The molecule has 4 unspecified atom stereocenters. The Labute approximate surface area is 210 Å². The Hall–Kier alpha value is -1.65. The molecule has 5 fully saturated rings. The number of Topliss-reactive ketones (excluding diaryl/α,β-unsaturated/α-hetero) is 1. The van der Waals surface area contributed by atoms with Crippen molar-refractivity contribution in [3.05, 3.63) is 12.2 Å². The SMILES string of the molecule is C=C(C)C1CC[C@]2(C(=O)O)CC[C@]3(C(=O)O)[C@H](CCC4[C@@]5(C)CCC(=O)C(C)(C)C5CC[C@]43C)C12. The van der Waals surface area contributed by atoms with Crippen LogP contribution in [0.3, 0.4) is 0 Å². The second-order valence-corrected chi connectivity index (χ2v) is 14.2. The van der Waals surface area contributed by atoms with Gasteiger partial charge in [0.05, 0.1) is 10.8 Å². The molecule has 5 aliphatic carbocycles. The number of hydrogen-bond acceptors (Lipinski definition) is 3. The van der Waals surface area contributed by atoms with Crippen LogP contribution in [0, 0.1) is 56.7 Å². The highest BCUT2D eigenvalue weighted by molar-refractivity contribution is 5.85. The van der Waals surface area contributed by atoms with Crippen molar-refractivity contribution in [1.29, 1.82) is 0 Å². The van der Waals surface area contributed by atoms with Crippen LogP contribution < -0.4 is 0 Å². The molecule has 0 aliphatic heterocycles. The Kier molecular flexibility index (Phi) is 5.32. The first-order valence-corrected chi connectivity index (χ1v) is 13.9. The highest BCUT2D eigenvalue weighted by Gasteiger charge is 2.75. The average molecular weight is 485 g/mol. The lowest BCUT2D eigenvalue weighted by Crippen LogP contribution is -2.69. The first-order chi connectivity index (χ1) is 16.2. The van der Waals surface area contributed by atoms with Crippen LogP contribution in [0.2, 0.25) is 0 Å². The number of carboxylic acids is 2. The van der Waals surface area contributed by atoms with Crippen molar-refractivity contribution in [2.24, 2.45) is 56.7 Å². The van der Waals surface area contributed by atoms with Gasteiger partial charge in [0.15, 0.2) is 0 Å². The zero-order valence-electron chi connectivity index (χ0n) is 22.3. The van der Waals surface area contributed by atoms with Crippen LogP contribution in [0.4, 0.5) is 0 Å². The molecule has 5 heteroatoms. The van der Waals surface area contributed by atoms with Gasteiger partial charge >= 0.3 is 11.9 Å². The van der Waals surface area contributed by atoms with Gasteiger partial charge in [-0.2, -0.15) is 0 Å². The van der Waals surface area contributed by atoms with Crippen LogP contribution in [-0.2, 0) is 14.4 Å². The Morgan fingerprint density at radius 3 is 2.14 bits per heavy atom. The molecule has 5 rings (SSSR count). The summed E-state index contributed by atoms with van der Waals surface area (Å²) in [4.78, 5) is 39.2. The molecule has 0 aromatic heterocycles. The van der Waals surface area contributed by atoms with E-state index in [1.807, 2.05) is 6.92 Å². The molecule has 194 valence electrons. The van der Waals surface area contributed by atoms with E-state index in [4.69, 9.17) is 0 Å². The Balaban J connectivity index is 1.64. The summed E-state index contributed by atoms with van der Waals surface area (Å²) in [5.41, 5.74) is -1.58. The summed E-state index contributed by atoms with van der Waals surface area (Å²) in [6.07, 6.45) is 7.15. The van der Waals surface area contributed by atoms with Gasteiger partial charge in [-0.05, 0) is 105 Å². The molecule has 0 bridgehead atoms. The van der Waals surface area contributed by atoms with Gasteiger partial charge in [-0.25, -0.2) is 0 Å². The maximum atomic E-state index is 13.5. The van der Waals surface area contributed by atoms with E-state index in [0.717, 1.165) is 44.1 Å². The van der Waals surface area contributed by atoms with E-state index in [1.54, 1.807) is 0 Å². The fourth-order valence-electron chi connectivity index (χ4n) is 11.4. The molecule has 0 radical (unpaired) electrons. The minimum Gasteiger partial charge on any atom is -0.481 e. The predicted octanol–water partition coefficient (Wildman–Crippen LogP) is 6.36. The summed E-state index contributed by atoms with van der Waals surface area (Å²) in [7, 11) is 0. The number of ketones is 1. The Morgan fingerprint density at radius 2 is 1.54 bits per heavy atom. The van der Waals surface area contributed by atoms with Crippen molar-refractivity contribution >= 4 is 17.7 Å². The minimum atomic E-state index is -0.919. The van der Waals surface area contributed by atoms with Gasteiger partial charge in [-0.15, -0.1) is 0 Å². The van der Waals surface area contributed by atoms with Crippen molar-refractivity contribution < 1.29 is 24.6 Å². The third-order valence-electron chi connectivity index (χ3n) is 13.0. The van der Waals surface area contributed by atoms with Crippen molar-refractivity contribution in [3.63, 3.8) is 0 Å². The fraction of sp³-hybridized carbons (Fsp3) is 0.833. The largest absolute Gasteiger partial charge is 0.481 e. The highest BCUT2D eigenvalue weighted by Crippen LogP contribution is 2.77. The zero-order chi connectivity index (χ0) is 25.8. The van der Waals surface area contributed by atoms with Gasteiger partial charge in [0.2, 0.25) is 0 Å². The van der Waals surface area contributed by atoms with Gasteiger partial charge in [-0.3, -0.25) is 14.4 Å². The Bertz CT molecular complexity index is 997. The number of fused-ring (bicyclic) bond motifs is 7. The van der Waals surface area contributed by atoms with Crippen molar-refractivity contribution in [1.82, 2.24) is 0 Å². The summed E-state index contributed by atoms with van der Waals surface area (Å²) in [5, 5.41) is 21.6. The highest BCUT2D eigenvalue weighted by atomic mass is 16.4. The van der Waals surface area contributed by atoms with Crippen LogP contribution in [0.15, 0.2) is 12.2 Å². The third-order valence-corrected chi connectivity index (χ3v) is 13.0. The monoisotopic (exact) mass is 484 g/mol. The van der Waals surface area contributed by atoms with Crippen molar-refractivity contribution in [2.45, 2.75) is 98.8 Å². The molecule has 0 spiro atoms. The number of aliphatic carboxylic acids is 2. The van der Waals surface area contributed by atoms with Gasteiger partial charge in [-0.1, -0.05) is 39.8 Å². The first kappa shape index (κ1) is 25.0. The van der Waals surface area contributed by atoms with E-state index in [0.29, 0.717) is 31.5 Å². The van der Waals surface area contributed by atoms with Crippen LogP contribution in [0.25, 0.3) is 0 Å². The third kappa shape index (κ3) is 2.79. The van der Waals surface area contributed by atoms with Crippen LogP contribution in [0.5, 0.6) is 0 Å². The minimum absolute atomic E-state index is 0.0669. The van der Waals surface area contributed by atoms with E-state index in [-0.39, 0.29) is 40.4 Å². The molecule has 0 saturated heterocycles. The lowest BCUT2D eigenvalue weighted by atomic mass is 9.32. The lowest BCUT2D eigenvalue weighted by Gasteiger charge is -2.71. The summed E-state index contributed by atoms with van der Waals surface area (Å²) < 4.78 is 0. The first-order valence-electron chi connectivity index (χ1n) is 13.9. The smallest absolute Gasteiger partial charge is 0.310 e. The molecular weight excluding hydrogens is 440 g/mol. The lowest BCUT2D eigenvalue weighted by molar-refractivity contribution is -0.245. The molecule has 9 atom stereocenters. The maximum absolute atomic E-state index is 13.5. The summed E-state index contributed by atoms with van der Waals surface area (Å²) >= 11 is 0. The molecular formula is C30H44O5. The quantitative estimate of drug-likeness (QED) is 0.455. The standard InChI is InChI=1S/C30H44O5/c1-17(2)18-9-14-29(24(32)33)15-16-30(25(34)35)19(23(18)29)7-8-21-27(5)12-11-22(31)26(3,4)20(27)10-13-28(21,30)6/h18-21,23H,1,7-16H2,2-6H3,(H,32,33)(H,34,35)/t18?,19-,20?,21?,23?,27+,28-,29+,30-/m1/s1. The van der Waals surface area contributed by atoms with Crippen LogP contribution in [-0.4, -0.2) is 27.9 Å². The number of allylic oxidation sites excluding steroid dienone is 1. The van der Waals surface area contributed by atoms with E-state index in [9.17, 15) is 24.6 Å². The molecule has 0 aromatic carbocycles. The van der Waals surface area contributed by atoms with E-state index >= 15 is 0 Å². The molecule has 0 heterocycles. The fourth-order valence-corrected chi connectivity index (χ4v) is 11.4. The zero-order valence-corrected chi connectivity index (χ0v) is 22.3. The number of hydrogen-bond donors (Lipinski definition) is 2. The second kappa shape index (κ2) is 7.44. The van der Waals surface area contributed by atoms with E-state index in [1.165, 1.54) is 0 Å². The molecule has 0 amide bonds.